The summed E-state index contributed by atoms with van der Waals surface area (Å²) in [6.45, 7) is 5.04. The van der Waals surface area contributed by atoms with Gasteiger partial charge < -0.3 is 13.9 Å². The van der Waals surface area contributed by atoms with Crippen LogP contribution in [-0.2, 0) is 17.7 Å². The summed E-state index contributed by atoms with van der Waals surface area (Å²) in [5.74, 6) is 0.817. The molecule has 0 unspecified atom stereocenters. The first-order chi connectivity index (χ1) is 11.2. The zero-order valence-corrected chi connectivity index (χ0v) is 13.3. The van der Waals surface area contributed by atoms with Crippen LogP contribution in [0.25, 0.3) is 11.0 Å². The Hall–Kier alpha value is -1.85. The molecule has 2 aromatic rings. The molecule has 1 atom stereocenters. The number of hydrogen-bond donors (Lipinski definition) is 0. The van der Waals surface area contributed by atoms with Crippen molar-refractivity contribution in [2.75, 3.05) is 19.9 Å². The third-order valence-corrected chi connectivity index (χ3v) is 4.71. The van der Waals surface area contributed by atoms with Crippen molar-refractivity contribution in [3.8, 4) is 5.75 Å². The van der Waals surface area contributed by atoms with Gasteiger partial charge in [0, 0.05) is 31.1 Å². The Bertz CT molecular complexity index is 776. The molecule has 0 bridgehead atoms. The fraction of sp³-hybridized carbons (Fsp3) is 0.500. The van der Waals surface area contributed by atoms with E-state index < -0.39 is 0 Å². The Morgan fingerprint density at radius 1 is 1.35 bits per heavy atom. The van der Waals surface area contributed by atoms with E-state index in [9.17, 15) is 4.79 Å². The molecule has 1 aromatic carbocycles. The Labute approximate surface area is 134 Å². The molecule has 1 aromatic heterocycles. The average molecular weight is 315 g/mol. The predicted octanol–water partition coefficient (Wildman–Crippen LogP) is 2.69. The highest BCUT2D eigenvalue weighted by Crippen LogP contribution is 2.33. The van der Waals surface area contributed by atoms with Gasteiger partial charge in [-0.15, -0.1) is 0 Å². The Balaban J connectivity index is 1.70. The first-order valence-electron chi connectivity index (χ1n) is 8.30. The van der Waals surface area contributed by atoms with E-state index in [2.05, 4.69) is 4.90 Å². The van der Waals surface area contributed by atoms with Crippen LogP contribution in [0.1, 0.15) is 30.9 Å². The third kappa shape index (κ3) is 2.75. The molecule has 0 spiro atoms. The van der Waals surface area contributed by atoms with Gasteiger partial charge in [-0.05, 0) is 37.0 Å². The monoisotopic (exact) mass is 315 g/mol. The second-order valence-electron chi connectivity index (χ2n) is 6.28. The van der Waals surface area contributed by atoms with Gasteiger partial charge in [0.05, 0.1) is 11.7 Å². The molecule has 0 aliphatic carbocycles. The summed E-state index contributed by atoms with van der Waals surface area (Å²) >= 11 is 0. The molecule has 0 radical (unpaired) electrons. The Morgan fingerprint density at radius 2 is 2.26 bits per heavy atom. The van der Waals surface area contributed by atoms with E-state index in [4.69, 9.17) is 13.9 Å². The van der Waals surface area contributed by atoms with Crippen molar-refractivity contribution >= 4 is 11.0 Å². The van der Waals surface area contributed by atoms with Gasteiger partial charge in [0.25, 0.3) is 0 Å². The summed E-state index contributed by atoms with van der Waals surface area (Å²) in [4.78, 5) is 14.1. The molecule has 1 saturated heterocycles. The summed E-state index contributed by atoms with van der Waals surface area (Å²) in [7, 11) is 0. The Morgan fingerprint density at radius 3 is 3.04 bits per heavy atom. The van der Waals surface area contributed by atoms with Crippen LogP contribution in [0.5, 0.6) is 5.75 Å². The lowest BCUT2D eigenvalue weighted by molar-refractivity contribution is 0.0281. The van der Waals surface area contributed by atoms with Gasteiger partial charge in [0.15, 0.2) is 0 Å². The van der Waals surface area contributed by atoms with Crippen LogP contribution in [0.3, 0.4) is 0 Å². The maximum atomic E-state index is 11.9. The maximum absolute atomic E-state index is 11.9. The molecule has 0 saturated carbocycles. The summed E-state index contributed by atoms with van der Waals surface area (Å²) in [6.07, 6.45) is 3.33. The van der Waals surface area contributed by atoms with E-state index in [1.807, 2.05) is 19.1 Å². The van der Waals surface area contributed by atoms with Crippen LogP contribution in [0, 0.1) is 0 Å². The van der Waals surface area contributed by atoms with Gasteiger partial charge in [-0.25, -0.2) is 4.79 Å². The van der Waals surface area contributed by atoms with Crippen molar-refractivity contribution in [3.05, 3.63) is 39.7 Å². The quantitative estimate of drug-likeness (QED) is 0.815. The van der Waals surface area contributed by atoms with Crippen LogP contribution < -0.4 is 10.4 Å². The number of nitrogens with zero attached hydrogens (tertiary/aromatic N) is 1. The SMILES string of the molecule is CCc1cc(=O)oc2c3c(ccc12)OCN(C[C@H]1CCCO1)C3. The van der Waals surface area contributed by atoms with E-state index in [1.54, 1.807) is 6.07 Å². The third-order valence-electron chi connectivity index (χ3n) is 4.71. The predicted molar refractivity (Wildman–Crippen MR) is 86.7 cm³/mol. The number of aryl methyl sites for hydroxylation is 1. The molecule has 2 aliphatic heterocycles. The average Bonchev–Trinajstić information content (AvgIpc) is 3.07. The van der Waals surface area contributed by atoms with E-state index in [0.717, 1.165) is 61.2 Å². The number of hydrogen-bond acceptors (Lipinski definition) is 5. The smallest absolute Gasteiger partial charge is 0.336 e. The second-order valence-corrected chi connectivity index (χ2v) is 6.28. The Kier molecular flexibility index (Phi) is 3.83. The zero-order valence-electron chi connectivity index (χ0n) is 13.3. The molecular formula is C18H21NO4. The molecule has 1 fully saturated rings. The van der Waals surface area contributed by atoms with E-state index >= 15 is 0 Å². The highest BCUT2D eigenvalue weighted by atomic mass is 16.5. The minimum atomic E-state index is -0.293. The minimum Gasteiger partial charge on any atom is -0.478 e. The highest BCUT2D eigenvalue weighted by molar-refractivity contribution is 5.85. The van der Waals surface area contributed by atoms with Crippen molar-refractivity contribution in [2.45, 2.75) is 38.8 Å². The second kappa shape index (κ2) is 5.98. The molecule has 5 heteroatoms. The highest BCUT2D eigenvalue weighted by Gasteiger charge is 2.25. The van der Waals surface area contributed by atoms with Gasteiger partial charge >= 0.3 is 5.63 Å². The van der Waals surface area contributed by atoms with Gasteiger partial charge in [-0.2, -0.15) is 0 Å². The molecular weight excluding hydrogens is 294 g/mol. The summed E-state index contributed by atoms with van der Waals surface area (Å²) < 4.78 is 17.1. The van der Waals surface area contributed by atoms with Crippen LogP contribution in [0.2, 0.25) is 0 Å². The van der Waals surface area contributed by atoms with Crippen molar-refractivity contribution in [1.29, 1.82) is 0 Å². The normalized spacial score (nSPS) is 21.3. The largest absolute Gasteiger partial charge is 0.478 e. The van der Waals surface area contributed by atoms with E-state index in [-0.39, 0.29) is 11.7 Å². The van der Waals surface area contributed by atoms with Crippen molar-refractivity contribution in [2.24, 2.45) is 0 Å². The van der Waals surface area contributed by atoms with E-state index in [1.165, 1.54) is 0 Å². The fourth-order valence-corrected chi connectivity index (χ4v) is 3.53. The van der Waals surface area contributed by atoms with E-state index in [0.29, 0.717) is 12.3 Å². The molecule has 4 rings (SSSR count). The summed E-state index contributed by atoms with van der Waals surface area (Å²) in [5.41, 5.74) is 2.37. The lowest BCUT2D eigenvalue weighted by Crippen LogP contribution is -2.37. The number of benzene rings is 1. The number of ether oxygens (including phenoxy) is 2. The molecule has 122 valence electrons. The summed E-state index contributed by atoms with van der Waals surface area (Å²) in [6, 6.07) is 5.56. The molecule has 2 aliphatic rings. The first kappa shape index (κ1) is 14.7. The van der Waals surface area contributed by atoms with Crippen LogP contribution in [0.4, 0.5) is 0 Å². The summed E-state index contributed by atoms with van der Waals surface area (Å²) in [5, 5.41) is 1.01. The van der Waals surface area contributed by atoms with Crippen molar-refractivity contribution in [3.63, 3.8) is 0 Å². The number of rotatable bonds is 3. The maximum Gasteiger partial charge on any atom is 0.336 e. The first-order valence-corrected chi connectivity index (χ1v) is 8.30. The van der Waals surface area contributed by atoms with Gasteiger partial charge in [0.1, 0.15) is 18.1 Å². The topological polar surface area (TPSA) is 51.9 Å². The number of fused-ring (bicyclic) bond motifs is 3. The standard InChI is InChI=1S/C18H21NO4/c1-2-12-8-17(20)23-18-14(12)5-6-16-15(18)10-19(11-22-16)9-13-4-3-7-21-13/h5-6,8,13H,2-4,7,9-11H2,1H3/t13-/m1/s1. The molecule has 0 amide bonds. The molecule has 5 nitrogen and oxygen atoms in total. The minimum absolute atomic E-state index is 0.285. The van der Waals surface area contributed by atoms with Gasteiger partial charge in [-0.1, -0.05) is 6.92 Å². The van der Waals surface area contributed by atoms with Crippen LogP contribution in [-0.4, -0.2) is 30.9 Å². The van der Waals surface area contributed by atoms with Crippen LogP contribution >= 0.6 is 0 Å². The molecule has 0 N–H and O–H groups in total. The van der Waals surface area contributed by atoms with Crippen molar-refractivity contribution in [1.82, 2.24) is 4.90 Å². The van der Waals surface area contributed by atoms with Gasteiger partial charge in [0.2, 0.25) is 0 Å². The van der Waals surface area contributed by atoms with Gasteiger partial charge in [-0.3, -0.25) is 4.90 Å². The van der Waals surface area contributed by atoms with Crippen molar-refractivity contribution < 1.29 is 13.9 Å². The molecule has 23 heavy (non-hydrogen) atoms. The fourth-order valence-electron chi connectivity index (χ4n) is 3.53. The zero-order chi connectivity index (χ0) is 15.8. The lowest BCUT2D eigenvalue weighted by Gasteiger charge is -2.30. The van der Waals surface area contributed by atoms with Crippen LogP contribution in [0.15, 0.2) is 27.4 Å². The molecule has 3 heterocycles. The lowest BCUT2D eigenvalue weighted by atomic mass is 10.0.